The third-order valence-corrected chi connectivity index (χ3v) is 5.99. The van der Waals surface area contributed by atoms with Crippen LogP contribution in [0.5, 0.6) is 0 Å². The van der Waals surface area contributed by atoms with Crippen LogP contribution in [0.2, 0.25) is 0 Å². The van der Waals surface area contributed by atoms with Crippen molar-refractivity contribution in [3.8, 4) is 6.07 Å². The fourth-order valence-electron chi connectivity index (χ4n) is 4.37. The van der Waals surface area contributed by atoms with Crippen LogP contribution in [0.25, 0.3) is 0 Å². The molecule has 6 atom stereocenters. The number of nitrogens with one attached hydrogen (secondary N) is 5. The van der Waals surface area contributed by atoms with Gasteiger partial charge in [-0.05, 0) is 18.9 Å². The zero-order valence-electron chi connectivity index (χ0n) is 15.5. The Labute approximate surface area is 159 Å². The summed E-state index contributed by atoms with van der Waals surface area (Å²) in [6, 6.07) is 2.16. The predicted octanol–water partition coefficient (Wildman–Crippen LogP) is -3.00. The number of hydrogen-bond donors (Lipinski definition) is 6. The summed E-state index contributed by atoms with van der Waals surface area (Å²) in [6.07, 6.45) is 1.06. The number of piperidine rings is 1. The van der Waals surface area contributed by atoms with E-state index in [1.807, 2.05) is 5.01 Å². The van der Waals surface area contributed by atoms with Crippen LogP contribution >= 0.6 is 0 Å². The summed E-state index contributed by atoms with van der Waals surface area (Å²) in [5.41, 5.74) is 9.43. The summed E-state index contributed by atoms with van der Waals surface area (Å²) in [7, 11) is 0. The lowest BCUT2D eigenvalue weighted by Gasteiger charge is -2.39. The molecule has 27 heavy (non-hydrogen) atoms. The average molecular weight is 378 g/mol. The van der Waals surface area contributed by atoms with Gasteiger partial charge in [-0.15, -0.1) is 0 Å². The van der Waals surface area contributed by atoms with Gasteiger partial charge in [0, 0.05) is 39.1 Å². The number of carbonyl (C=O) groups is 1. The molecule has 0 aromatic heterocycles. The second-order valence-corrected chi connectivity index (χ2v) is 7.98. The summed E-state index contributed by atoms with van der Waals surface area (Å²) in [6.45, 7) is 4.81. The van der Waals surface area contributed by atoms with Crippen molar-refractivity contribution in [1.29, 1.82) is 5.26 Å². The number of nitrogens with zero attached hydrogens (tertiary/aromatic N) is 2. The lowest BCUT2D eigenvalue weighted by molar-refractivity contribution is -0.130. The molecule has 4 rings (SSSR count). The molecule has 10 nitrogen and oxygen atoms in total. The number of ether oxygens (including phenoxy) is 1. The van der Waals surface area contributed by atoms with E-state index < -0.39 is 6.17 Å². The maximum Gasteiger partial charge on any atom is 0.229 e. The van der Waals surface area contributed by atoms with Crippen molar-refractivity contribution in [2.24, 2.45) is 17.6 Å². The Hall–Kier alpha value is -1.32. The molecule has 0 aromatic carbocycles. The molecule has 150 valence electrons. The van der Waals surface area contributed by atoms with Crippen LogP contribution in [-0.4, -0.2) is 80.8 Å². The lowest BCUT2D eigenvalue weighted by atomic mass is 9.96. The molecule has 4 heterocycles. The molecule has 4 aliphatic heterocycles. The fraction of sp³-hybridized carbons (Fsp3) is 0.882. The molecule has 0 bridgehead atoms. The summed E-state index contributed by atoms with van der Waals surface area (Å²) < 4.78 is 6.16. The van der Waals surface area contributed by atoms with Gasteiger partial charge in [0.2, 0.25) is 5.91 Å². The number of fused-ring (bicyclic) bond motifs is 1. The van der Waals surface area contributed by atoms with Crippen LogP contribution in [0.15, 0.2) is 0 Å². The molecule has 7 N–H and O–H groups in total. The number of nitrogens with two attached hydrogens (primary N) is 1. The first-order valence-corrected chi connectivity index (χ1v) is 9.91. The van der Waals surface area contributed by atoms with E-state index in [0.717, 1.165) is 32.6 Å². The van der Waals surface area contributed by atoms with Crippen molar-refractivity contribution in [3.05, 3.63) is 0 Å². The van der Waals surface area contributed by atoms with Gasteiger partial charge in [0.1, 0.15) is 0 Å². The smallest absolute Gasteiger partial charge is 0.229 e. The maximum atomic E-state index is 13.1. The first-order chi connectivity index (χ1) is 13.2. The van der Waals surface area contributed by atoms with Gasteiger partial charge in [-0.2, -0.15) is 5.26 Å². The maximum absolute atomic E-state index is 13.1. The van der Waals surface area contributed by atoms with Gasteiger partial charge in [-0.25, -0.2) is 10.4 Å². The minimum Gasteiger partial charge on any atom is -0.370 e. The van der Waals surface area contributed by atoms with Gasteiger partial charge in [0.25, 0.3) is 0 Å². The molecular weight excluding hydrogens is 348 g/mol. The molecule has 10 heteroatoms. The van der Waals surface area contributed by atoms with Gasteiger partial charge in [-0.3, -0.25) is 10.1 Å². The van der Waals surface area contributed by atoms with E-state index in [4.69, 9.17) is 15.7 Å². The van der Waals surface area contributed by atoms with Crippen molar-refractivity contribution < 1.29 is 9.53 Å². The largest absolute Gasteiger partial charge is 0.370 e. The van der Waals surface area contributed by atoms with Crippen molar-refractivity contribution in [1.82, 2.24) is 31.7 Å². The number of hydrazine groups is 1. The number of rotatable bonds is 5. The molecule has 6 unspecified atom stereocenters. The quantitative estimate of drug-likeness (QED) is 0.295. The van der Waals surface area contributed by atoms with Crippen LogP contribution in [0.4, 0.5) is 0 Å². The van der Waals surface area contributed by atoms with Crippen molar-refractivity contribution >= 4 is 5.91 Å². The van der Waals surface area contributed by atoms with Crippen LogP contribution in [-0.2, 0) is 9.53 Å². The van der Waals surface area contributed by atoms with E-state index in [1.165, 1.54) is 0 Å². The topological polar surface area (TPSA) is 140 Å². The zero-order valence-corrected chi connectivity index (χ0v) is 15.5. The Morgan fingerprint density at radius 1 is 1.30 bits per heavy atom. The van der Waals surface area contributed by atoms with Crippen molar-refractivity contribution in [2.75, 3.05) is 39.3 Å². The molecule has 0 saturated carbocycles. The highest BCUT2D eigenvalue weighted by molar-refractivity contribution is 5.80. The Kier molecular flexibility index (Phi) is 5.89. The first-order valence-electron chi connectivity index (χ1n) is 9.91. The second kappa shape index (κ2) is 8.36. The van der Waals surface area contributed by atoms with Crippen LogP contribution in [0.1, 0.15) is 12.8 Å². The third-order valence-electron chi connectivity index (χ3n) is 5.99. The van der Waals surface area contributed by atoms with Gasteiger partial charge in [0.05, 0.1) is 42.6 Å². The summed E-state index contributed by atoms with van der Waals surface area (Å²) in [5.74, 6) is -0.201. The highest BCUT2D eigenvalue weighted by atomic mass is 16.5. The van der Waals surface area contributed by atoms with E-state index in [0.29, 0.717) is 19.5 Å². The van der Waals surface area contributed by atoms with Crippen LogP contribution in [0.3, 0.4) is 0 Å². The number of hydrogen-bond acceptors (Lipinski definition) is 9. The van der Waals surface area contributed by atoms with E-state index in [1.54, 1.807) is 0 Å². The summed E-state index contributed by atoms with van der Waals surface area (Å²) >= 11 is 0. The predicted molar refractivity (Wildman–Crippen MR) is 97.8 cm³/mol. The highest BCUT2D eigenvalue weighted by Crippen LogP contribution is 2.24. The van der Waals surface area contributed by atoms with E-state index in [2.05, 4.69) is 32.8 Å². The molecule has 4 aliphatic rings. The number of amides is 1. The molecule has 4 saturated heterocycles. The normalized spacial score (nSPS) is 40.0. The van der Waals surface area contributed by atoms with Gasteiger partial charge < -0.3 is 26.4 Å². The molecule has 0 aliphatic carbocycles. The van der Waals surface area contributed by atoms with E-state index >= 15 is 0 Å². The standard InChI is InChI=1S/C17H30N8O2/c18-3-1-10-5-22-16-14(15(19)24-25(16)9-10)17(26)23-12-8-20-4-2-13(12)27-11-6-21-7-11/h10-16,20-22,24H,1-2,4-9,19H2,(H,23,26). The van der Waals surface area contributed by atoms with Crippen molar-refractivity contribution in [3.63, 3.8) is 0 Å². The highest BCUT2D eigenvalue weighted by Gasteiger charge is 2.47. The van der Waals surface area contributed by atoms with E-state index in [-0.39, 0.29) is 42.2 Å². The average Bonchev–Trinajstić information content (AvgIpc) is 2.94. The fourth-order valence-corrected chi connectivity index (χ4v) is 4.37. The van der Waals surface area contributed by atoms with Crippen molar-refractivity contribution in [2.45, 2.75) is 43.4 Å². The molecule has 1 amide bonds. The SMILES string of the molecule is N#CCC1CNC2C(C(=O)NC3CNCCC3OC3CNC3)C(N)NN2C1. The minimum absolute atomic E-state index is 0.0308. The molecular formula is C17H30N8O2. The monoisotopic (exact) mass is 378 g/mol. The Morgan fingerprint density at radius 3 is 2.89 bits per heavy atom. The second-order valence-electron chi connectivity index (χ2n) is 7.98. The number of nitriles is 1. The van der Waals surface area contributed by atoms with Gasteiger partial charge >= 0.3 is 0 Å². The Morgan fingerprint density at radius 2 is 2.15 bits per heavy atom. The zero-order chi connectivity index (χ0) is 18.8. The summed E-state index contributed by atoms with van der Waals surface area (Å²) in [4.78, 5) is 13.1. The minimum atomic E-state index is -0.449. The van der Waals surface area contributed by atoms with Gasteiger partial charge in [-0.1, -0.05) is 0 Å². The molecule has 0 radical (unpaired) electrons. The van der Waals surface area contributed by atoms with Crippen LogP contribution in [0, 0.1) is 23.2 Å². The molecule has 4 fully saturated rings. The Bertz CT molecular complexity index is 580. The number of carbonyl (C=O) groups excluding carboxylic acids is 1. The Balaban J connectivity index is 1.36. The van der Waals surface area contributed by atoms with Gasteiger partial charge in [0.15, 0.2) is 0 Å². The third kappa shape index (κ3) is 4.09. The van der Waals surface area contributed by atoms with E-state index in [9.17, 15) is 4.79 Å². The molecule has 0 spiro atoms. The molecule has 0 aromatic rings. The summed E-state index contributed by atoms with van der Waals surface area (Å²) in [5, 5.41) is 24.0. The lowest BCUT2D eigenvalue weighted by Crippen LogP contribution is -2.62. The van der Waals surface area contributed by atoms with Crippen LogP contribution < -0.4 is 32.4 Å². The first kappa shape index (κ1) is 19.0.